The Balaban J connectivity index is 1.78. The monoisotopic (exact) mass is 354 g/mol. The molecule has 3 fully saturated rings. The molecule has 0 amide bonds. The van der Waals surface area contributed by atoms with Gasteiger partial charge < -0.3 is 4.90 Å². The van der Waals surface area contributed by atoms with Crippen LogP contribution in [0.5, 0.6) is 0 Å². The SMILES string of the molecule is C=C(Br)S/C(=C\C)c1cn([C@H]2CN3CCC2CC3)nn1. The fourth-order valence-corrected chi connectivity index (χ4v) is 4.24. The summed E-state index contributed by atoms with van der Waals surface area (Å²) in [5, 5.41) is 8.72. The normalized spacial score (nSPS) is 29.7. The van der Waals surface area contributed by atoms with Gasteiger partial charge in [-0.1, -0.05) is 29.6 Å². The quantitative estimate of drug-likeness (QED) is 0.828. The lowest BCUT2D eigenvalue weighted by Crippen LogP contribution is -2.48. The highest BCUT2D eigenvalue weighted by Gasteiger charge is 2.35. The molecular weight excluding hydrogens is 336 g/mol. The van der Waals surface area contributed by atoms with Gasteiger partial charge in [0.2, 0.25) is 0 Å². The van der Waals surface area contributed by atoms with E-state index >= 15 is 0 Å². The van der Waals surface area contributed by atoms with E-state index in [9.17, 15) is 0 Å². The topological polar surface area (TPSA) is 34.0 Å². The highest BCUT2D eigenvalue weighted by molar-refractivity contribution is 9.14. The van der Waals surface area contributed by atoms with Crippen LogP contribution in [0, 0.1) is 5.92 Å². The van der Waals surface area contributed by atoms with Crippen LogP contribution in [0.25, 0.3) is 4.91 Å². The average Bonchev–Trinajstić information content (AvgIpc) is 2.95. The van der Waals surface area contributed by atoms with Gasteiger partial charge in [-0.3, -0.25) is 0 Å². The summed E-state index contributed by atoms with van der Waals surface area (Å²) in [6.07, 6.45) is 6.74. The largest absolute Gasteiger partial charge is 0.301 e. The molecule has 1 atom stereocenters. The van der Waals surface area contributed by atoms with E-state index < -0.39 is 0 Å². The van der Waals surface area contributed by atoms with Crippen LogP contribution in [-0.4, -0.2) is 39.5 Å². The van der Waals surface area contributed by atoms with Gasteiger partial charge in [-0.15, -0.1) is 5.10 Å². The predicted molar refractivity (Wildman–Crippen MR) is 87.5 cm³/mol. The van der Waals surface area contributed by atoms with Crippen LogP contribution in [0.15, 0.2) is 22.7 Å². The Labute approximate surface area is 132 Å². The minimum atomic E-state index is 0.494. The van der Waals surface area contributed by atoms with Gasteiger partial charge in [-0.25, -0.2) is 4.68 Å². The fraction of sp³-hybridized carbons (Fsp3) is 0.571. The molecule has 108 valence electrons. The summed E-state index contributed by atoms with van der Waals surface area (Å²) in [5.74, 6) is 0.766. The van der Waals surface area contributed by atoms with Crippen LogP contribution >= 0.6 is 27.7 Å². The van der Waals surface area contributed by atoms with Crippen LogP contribution < -0.4 is 0 Å². The molecule has 0 unspecified atom stereocenters. The van der Waals surface area contributed by atoms with Gasteiger partial charge in [0.1, 0.15) is 5.69 Å². The first kappa shape index (κ1) is 14.4. The zero-order valence-electron chi connectivity index (χ0n) is 11.6. The Morgan fingerprint density at radius 2 is 2.25 bits per heavy atom. The summed E-state index contributed by atoms with van der Waals surface area (Å²) in [5.41, 5.74) is 0.939. The van der Waals surface area contributed by atoms with E-state index in [0.29, 0.717) is 6.04 Å². The fourth-order valence-electron chi connectivity index (χ4n) is 3.16. The number of halogens is 1. The van der Waals surface area contributed by atoms with Gasteiger partial charge in [0.05, 0.1) is 12.2 Å². The maximum absolute atomic E-state index is 4.38. The van der Waals surface area contributed by atoms with Gasteiger partial charge >= 0.3 is 0 Å². The van der Waals surface area contributed by atoms with Crippen molar-refractivity contribution in [2.24, 2.45) is 5.92 Å². The summed E-state index contributed by atoms with van der Waals surface area (Å²) >= 11 is 4.97. The van der Waals surface area contributed by atoms with Crippen LogP contribution in [0.3, 0.4) is 0 Å². The van der Waals surface area contributed by atoms with Gasteiger partial charge in [-0.05, 0) is 54.7 Å². The summed E-state index contributed by atoms with van der Waals surface area (Å²) in [7, 11) is 0. The molecule has 1 aromatic rings. The van der Waals surface area contributed by atoms with Crippen molar-refractivity contribution >= 4 is 32.6 Å². The minimum absolute atomic E-state index is 0.494. The van der Waals surface area contributed by atoms with Crippen LogP contribution in [0.2, 0.25) is 0 Å². The molecule has 0 spiro atoms. The zero-order valence-corrected chi connectivity index (χ0v) is 14.0. The maximum atomic E-state index is 4.38. The van der Waals surface area contributed by atoms with Gasteiger partial charge in [0, 0.05) is 15.3 Å². The summed E-state index contributed by atoms with van der Waals surface area (Å²) in [4.78, 5) is 3.64. The highest BCUT2D eigenvalue weighted by atomic mass is 79.9. The third kappa shape index (κ3) is 2.87. The van der Waals surface area contributed by atoms with E-state index in [-0.39, 0.29) is 0 Å². The minimum Gasteiger partial charge on any atom is -0.301 e. The van der Waals surface area contributed by atoms with Gasteiger partial charge in [0.25, 0.3) is 0 Å². The molecule has 0 saturated carbocycles. The lowest BCUT2D eigenvalue weighted by molar-refractivity contribution is 0.0504. The number of rotatable bonds is 4. The molecule has 0 aromatic carbocycles. The number of hydrogen-bond donors (Lipinski definition) is 0. The Morgan fingerprint density at radius 1 is 1.50 bits per heavy atom. The van der Waals surface area contributed by atoms with Crippen molar-refractivity contribution < 1.29 is 0 Å². The Morgan fingerprint density at radius 3 is 2.80 bits per heavy atom. The molecule has 0 N–H and O–H groups in total. The molecule has 4 nitrogen and oxygen atoms in total. The average molecular weight is 355 g/mol. The second-order valence-corrected chi connectivity index (χ2v) is 8.02. The molecule has 4 rings (SSSR count). The van der Waals surface area contributed by atoms with Crippen molar-refractivity contribution in [1.29, 1.82) is 0 Å². The zero-order chi connectivity index (χ0) is 14.1. The Bertz CT molecular complexity index is 531. The molecule has 2 bridgehead atoms. The molecule has 3 saturated heterocycles. The summed E-state index contributed by atoms with van der Waals surface area (Å²) in [6, 6.07) is 0.494. The lowest BCUT2D eigenvalue weighted by atomic mass is 9.84. The lowest BCUT2D eigenvalue weighted by Gasteiger charge is -2.44. The summed E-state index contributed by atoms with van der Waals surface area (Å²) in [6.45, 7) is 9.52. The number of nitrogens with zero attached hydrogens (tertiary/aromatic N) is 4. The first-order chi connectivity index (χ1) is 9.67. The number of fused-ring (bicyclic) bond motifs is 3. The van der Waals surface area contributed by atoms with Crippen molar-refractivity contribution in [3.8, 4) is 0 Å². The highest BCUT2D eigenvalue weighted by Crippen LogP contribution is 2.37. The molecule has 0 aliphatic carbocycles. The molecule has 6 heteroatoms. The molecule has 1 aromatic heterocycles. The van der Waals surface area contributed by atoms with E-state index in [1.807, 2.05) is 6.92 Å². The van der Waals surface area contributed by atoms with E-state index in [2.05, 4.69) is 54.7 Å². The van der Waals surface area contributed by atoms with Gasteiger partial charge in [-0.2, -0.15) is 0 Å². The predicted octanol–water partition coefficient (Wildman–Crippen LogP) is 3.50. The third-order valence-corrected chi connectivity index (χ3v) is 5.58. The van der Waals surface area contributed by atoms with Crippen molar-refractivity contribution in [1.82, 2.24) is 19.9 Å². The van der Waals surface area contributed by atoms with E-state index in [1.165, 1.54) is 25.9 Å². The van der Waals surface area contributed by atoms with Crippen LogP contribution in [-0.2, 0) is 0 Å². The summed E-state index contributed by atoms with van der Waals surface area (Å²) < 4.78 is 2.97. The first-order valence-electron chi connectivity index (χ1n) is 7.00. The molecule has 20 heavy (non-hydrogen) atoms. The molecular formula is C14H19BrN4S. The van der Waals surface area contributed by atoms with Crippen molar-refractivity contribution in [2.75, 3.05) is 19.6 Å². The van der Waals surface area contributed by atoms with E-state index in [4.69, 9.17) is 0 Å². The Hall–Kier alpha value is -0.590. The van der Waals surface area contributed by atoms with E-state index in [1.54, 1.807) is 11.8 Å². The third-order valence-electron chi connectivity index (χ3n) is 4.21. The van der Waals surface area contributed by atoms with Crippen LogP contribution in [0.1, 0.15) is 31.5 Å². The Kier molecular flexibility index (Phi) is 4.33. The van der Waals surface area contributed by atoms with E-state index in [0.717, 1.165) is 26.9 Å². The molecule has 0 radical (unpaired) electrons. The number of allylic oxidation sites excluding steroid dienone is 1. The smallest absolute Gasteiger partial charge is 0.119 e. The maximum Gasteiger partial charge on any atom is 0.119 e. The van der Waals surface area contributed by atoms with Crippen molar-refractivity contribution in [2.45, 2.75) is 25.8 Å². The number of piperidine rings is 3. The first-order valence-corrected chi connectivity index (χ1v) is 8.61. The number of aromatic nitrogens is 3. The van der Waals surface area contributed by atoms with Crippen LogP contribution in [0.4, 0.5) is 0 Å². The second-order valence-electron chi connectivity index (χ2n) is 5.40. The molecule has 3 aliphatic heterocycles. The van der Waals surface area contributed by atoms with Crippen molar-refractivity contribution in [3.05, 3.63) is 28.4 Å². The standard InChI is InChI=1S/C14H19BrN4S/c1-3-14(20-10(2)15)12-8-19(17-16-12)13-9-18-6-4-11(13)5-7-18/h3,8,11,13H,2,4-7,9H2,1H3/b14-3-/t13-/m0/s1. The van der Waals surface area contributed by atoms with Crippen molar-refractivity contribution in [3.63, 3.8) is 0 Å². The van der Waals surface area contributed by atoms with Gasteiger partial charge in [0.15, 0.2) is 0 Å². The molecule has 3 aliphatic rings. The molecule has 4 heterocycles. The number of thioether (sulfide) groups is 1. The number of hydrogen-bond acceptors (Lipinski definition) is 4. The second kappa shape index (κ2) is 6.03.